The highest BCUT2D eigenvalue weighted by Crippen LogP contribution is 2.27. The second kappa shape index (κ2) is 5.40. The van der Waals surface area contributed by atoms with Crippen molar-refractivity contribution in [2.24, 2.45) is 0 Å². The molecule has 0 bridgehead atoms. The molecule has 108 valence electrons. The number of aromatic nitrogens is 3. The van der Waals surface area contributed by atoms with E-state index >= 15 is 0 Å². The molecular weight excluding hydrogens is 252 g/mol. The number of nitrogens with zero attached hydrogens (tertiary/aromatic N) is 3. The van der Waals surface area contributed by atoms with Crippen LogP contribution < -0.4 is 5.32 Å². The quantitative estimate of drug-likeness (QED) is 0.844. The summed E-state index contributed by atoms with van der Waals surface area (Å²) in [5.74, 6) is 0.797. The Morgan fingerprint density at radius 2 is 2.05 bits per heavy atom. The maximum absolute atomic E-state index is 10.7. The van der Waals surface area contributed by atoms with Crippen LogP contribution in [0, 0.1) is 6.92 Å². The standard InChI is InChI=1S/C15H22N4O/c1-12-10-13-14(16-8-9-19(13)18-12)17-11-15(20)6-4-2-3-5-7-15/h8-10,20H,2-7,11H2,1H3,(H,16,17). The van der Waals surface area contributed by atoms with Crippen molar-refractivity contribution < 1.29 is 5.11 Å². The zero-order valence-corrected chi connectivity index (χ0v) is 12.0. The Hall–Kier alpha value is -1.62. The number of hydrogen-bond acceptors (Lipinski definition) is 4. The van der Waals surface area contributed by atoms with Crippen LogP contribution in [-0.4, -0.2) is 31.9 Å². The van der Waals surface area contributed by atoms with Crippen LogP contribution in [0.25, 0.3) is 5.52 Å². The highest BCUT2D eigenvalue weighted by molar-refractivity contribution is 5.67. The van der Waals surface area contributed by atoms with Gasteiger partial charge in [0, 0.05) is 18.9 Å². The Morgan fingerprint density at radius 1 is 1.30 bits per heavy atom. The number of hydrogen-bond donors (Lipinski definition) is 2. The van der Waals surface area contributed by atoms with Gasteiger partial charge in [0.1, 0.15) is 5.52 Å². The summed E-state index contributed by atoms with van der Waals surface area (Å²) in [6.07, 6.45) is 10.0. The molecular formula is C15H22N4O. The maximum atomic E-state index is 10.7. The number of aryl methyl sites for hydroxylation is 1. The van der Waals surface area contributed by atoms with Crippen molar-refractivity contribution in [2.45, 2.75) is 51.0 Å². The van der Waals surface area contributed by atoms with Gasteiger partial charge in [0.15, 0.2) is 5.82 Å². The van der Waals surface area contributed by atoms with E-state index in [4.69, 9.17) is 0 Å². The number of fused-ring (bicyclic) bond motifs is 1. The molecule has 0 spiro atoms. The molecule has 1 aliphatic rings. The van der Waals surface area contributed by atoms with Crippen LogP contribution in [0.5, 0.6) is 0 Å². The second-order valence-corrected chi connectivity index (χ2v) is 5.88. The van der Waals surface area contributed by atoms with Gasteiger partial charge in [-0.05, 0) is 25.8 Å². The van der Waals surface area contributed by atoms with Gasteiger partial charge in [-0.15, -0.1) is 0 Å². The Morgan fingerprint density at radius 3 is 2.80 bits per heavy atom. The number of aliphatic hydroxyl groups is 1. The monoisotopic (exact) mass is 274 g/mol. The van der Waals surface area contributed by atoms with Gasteiger partial charge in [0.2, 0.25) is 0 Å². The summed E-state index contributed by atoms with van der Waals surface area (Å²) in [6.45, 7) is 2.53. The van der Waals surface area contributed by atoms with Crippen molar-refractivity contribution in [3.05, 3.63) is 24.2 Å². The normalized spacial score (nSPS) is 18.9. The van der Waals surface area contributed by atoms with E-state index in [1.54, 1.807) is 6.20 Å². The molecule has 2 N–H and O–H groups in total. The van der Waals surface area contributed by atoms with Crippen molar-refractivity contribution in [2.75, 3.05) is 11.9 Å². The molecule has 0 aromatic carbocycles. The Balaban J connectivity index is 1.76. The fourth-order valence-electron chi connectivity index (χ4n) is 2.99. The molecule has 1 saturated carbocycles. The van der Waals surface area contributed by atoms with Gasteiger partial charge in [-0.2, -0.15) is 5.10 Å². The van der Waals surface area contributed by atoms with Crippen molar-refractivity contribution in [1.29, 1.82) is 0 Å². The lowest BCUT2D eigenvalue weighted by atomic mass is 9.94. The smallest absolute Gasteiger partial charge is 0.152 e. The van der Waals surface area contributed by atoms with Crippen molar-refractivity contribution in [3.63, 3.8) is 0 Å². The van der Waals surface area contributed by atoms with Crippen molar-refractivity contribution in [1.82, 2.24) is 14.6 Å². The lowest BCUT2D eigenvalue weighted by molar-refractivity contribution is 0.0381. The van der Waals surface area contributed by atoms with Crippen LogP contribution in [0.3, 0.4) is 0 Å². The van der Waals surface area contributed by atoms with E-state index in [2.05, 4.69) is 15.4 Å². The zero-order chi connectivity index (χ0) is 14.0. The summed E-state index contributed by atoms with van der Waals surface area (Å²) in [5.41, 5.74) is 1.33. The third kappa shape index (κ3) is 2.77. The summed E-state index contributed by atoms with van der Waals surface area (Å²) < 4.78 is 1.82. The first-order valence-corrected chi connectivity index (χ1v) is 7.44. The molecule has 0 atom stereocenters. The van der Waals surface area contributed by atoms with Gasteiger partial charge in [0.25, 0.3) is 0 Å². The van der Waals surface area contributed by atoms with Crippen LogP contribution in [-0.2, 0) is 0 Å². The van der Waals surface area contributed by atoms with Crippen LogP contribution in [0.4, 0.5) is 5.82 Å². The molecule has 2 aromatic heterocycles. The largest absolute Gasteiger partial charge is 0.388 e. The van der Waals surface area contributed by atoms with E-state index in [1.807, 2.05) is 23.7 Å². The molecule has 0 amide bonds. The summed E-state index contributed by atoms with van der Waals surface area (Å²) >= 11 is 0. The molecule has 1 aliphatic carbocycles. The van der Waals surface area contributed by atoms with E-state index in [0.717, 1.165) is 42.7 Å². The summed E-state index contributed by atoms with van der Waals surface area (Å²) in [7, 11) is 0. The predicted molar refractivity (Wildman–Crippen MR) is 78.9 cm³/mol. The topological polar surface area (TPSA) is 62.5 Å². The van der Waals surface area contributed by atoms with Gasteiger partial charge < -0.3 is 10.4 Å². The molecule has 5 heteroatoms. The van der Waals surface area contributed by atoms with Gasteiger partial charge >= 0.3 is 0 Å². The Labute approximate surface area is 119 Å². The Bertz CT molecular complexity index is 585. The zero-order valence-electron chi connectivity index (χ0n) is 12.0. The summed E-state index contributed by atoms with van der Waals surface area (Å²) in [5, 5.41) is 18.4. The first kappa shape index (κ1) is 13.4. The van der Waals surface area contributed by atoms with Crippen LogP contribution in [0.2, 0.25) is 0 Å². The minimum absolute atomic E-state index is 0.559. The fraction of sp³-hybridized carbons (Fsp3) is 0.600. The SMILES string of the molecule is Cc1cc2c(NCC3(O)CCCCCC3)nccn2n1. The summed E-state index contributed by atoms with van der Waals surface area (Å²) in [6, 6.07) is 2.01. The first-order chi connectivity index (χ1) is 9.66. The van der Waals surface area contributed by atoms with E-state index in [0.29, 0.717) is 6.54 Å². The fourth-order valence-corrected chi connectivity index (χ4v) is 2.99. The van der Waals surface area contributed by atoms with Crippen LogP contribution in [0.15, 0.2) is 18.5 Å². The maximum Gasteiger partial charge on any atom is 0.152 e. The van der Waals surface area contributed by atoms with Gasteiger partial charge in [-0.3, -0.25) is 0 Å². The number of anilines is 1. The molecule has 2 heterocycles. The minimum atomic E-state index is -0.597. The number of nitrogens with one attached hydrogen (secondary N) is 1. The third-order valence-corrected chi connectivity index (χ3v) is 4.13. The average molecular weight is 274 g/mol. The van der Waals surface area contributed by atoms with E-state index < -0.39 is 5.60 Å². The van der Waals surface area contributed by atoms with E-state index in [1.165, 1.54) is 12.8 Å². The first-order valence-electron chi connectivity index (χ1n) is 7.44. The molecule has 0 unspecified atom stereocenters. The highest BCUT2D eigenvalue weighted by Gasteiger charge is 2.27. The van der Waals surface area contributed by atoms with Gasteiger partial charge in [-0.25, -0.2) is 9.50 Å². The van der Waals surface area contributed by atoms with Crippen molar-refractivity contribution >= 4 is 11.3 Å². The third-order valence-electron chi connectivity index (χ3n) is 4.13. The molecule has 0 saturated heterocycles. The molecule has 1 fully saturated rings. The van der Waals surface area contributed by atoms with Gasteiger partial charge in [0.05, 0.1) is 11.3 Å². The predicted octanol–water partition coefficient (Wildman–Crippen LogP) is 2.53. The average Bonchev–Trinajstić information content (AvgIpc) is 2.67. The van der Waals surface area contributed by atoms with Crippen LogP contribution >= 0.6 is 0 Å². The van der Waals surface area contributed by atoms with Crippen molar-refractivity contribution in [3.8, 4) is 0 Å². The molecule has 3 rings (SSSR count). The minimum Gasteiger partial charge on any atom is -0.388 e. The van der Waals surface area contributed by atoms with E-state index in [9.17, 15) is 5.11 Å². The molecule has 5 nitrogen and oxygen atoms in total. The number of rotatable bonds is 3. The lowest BCUT2D eigenvalue weighted by Gasteiger charge is -2.27. The molecule has 0 aliphatic heterocycles. The van der Waals surface area contributed by atoms with Crippen LogP contribution in [0.1, 0.15) is 44.2 Å². The van der Waals surface area contributed by atoms with E-state index in [-0.39, 0.29) is 0 Å². The second-order valence-electron chi connectivity index (χ2n) is 5.88. The lowest BCUT2D eigenvalue weighted by Crippen LogP contribution is -2.36. The molecule has 20 heavy (non-hydrogen) atoms. The summed E-state index contributed by atoms with van der Waals surface area (Å²) in [4.78, 5) is 4.38. The van der Waals surface area contributed by atoms with Gasteiger partial charge in [-0.1, -0.05) is 25.7 Å². The Kier molecular flexibility index (Phi) is 3.61. The molecule has 2 aromatic rings. The molecule has 0 radical (unpaired) electrons. The highest BCUT2D eigenvalue weighted by atomic mass is 16.3.